The Morgan fingerprint density at radius 2 is 1.51 bits per heavy atom. The first-order valence-corrected chi connectivity index (χ1v) is 16.0. The first-order valence-electron chi connectivity index (χ1n) is 15.2. The SMILES string of the molecule is COc1cc(CC(=O)N2C(COCc3ccccc3)CCC2COc2ccc(C(=O)O)cc2)ccc1NC(=O)Nc1ccccc1Br. The summed E-state index contributed by atoms with van der Waals surface area (Å²) in [6.07, 6.45) is 1.60. The summed E-state index contributed by atoms with van der Waals surface area (Å²) in [7, 11) is 1.51. The molecule has 1 aliphatic rings. The molecule has 1 fully saturated rings. The van der Waals surface area contributed by atoms with Crippen LogP contribution in [0.25, 0.3) is 0 Å². The lowest BCUT2D eigenvalue weighted by Gasteiger charge is -2.30. The van der Waals surface area contributed by atoms with E-state index >= 15 is 0 Å². The van der Waals surface area contributed by atoms with Crippen LogP contribution in [0.4, 0.5) is 16.2 Å². The number of hydrogen-bond donors (Lipinski definition) is 3. The molecular formula is C36H36BrN3O7. The van der Waals surface area contributed by atoms with Crippen LogP contribution in [0.2, 0.25) is 0 Å². The molecule has 1 aliphatic heterocycles. The second-order valence-electron chi connectivity index (χ2n) is 11.1. The van der Waals surface area contributed by atoms with E-state index in [2.05, 4.69) is 26.6 Å². The van der Waals surface area contributed by atoms with E-state index in [-0.39, 0.29) is 36.6 Å². The third kappa shape index (κ3) is 9.11. The lowest BCUT2D eigenvalue weighted by molar-refractivity contribution is -0.135. The molecule has 0 aromatic heterocycles. The van der Waals surface area contributed by atoms with Gasteiger partial charge < -0.3 is 34.9 Å². The van der Waals surface area contributed by atoms with Gasteiger partial charge >= 0.3 is 12.0 Å². The van der Waals surface area contributed by atoms with E-state index in [0.29, 0.717) is 36.1 Å². The molecule has 5 rings (SSSR count). The quantitative estimate of drug-likeness (QED) is 0.137. The van der Waals surface area contributed by atoms with Gasteiger partial charge in [0.2, 0.25) is 5.91 Å². The molecule has 0 aliphatic carbocycles. The van der Waals surface area contributed by atoms with Gasteiger partial charge in [-0.2, -0.15) is 0 Å². The zero-order valence-corrected chi connectivity index (χ0v) is 27.4. The van der Waals surface area contributed by atoms with Crippen LogP contribution in [-0.4, -0.2) is 60.3 Å². The van der Waals surface area contributed by atoms with E-state index in [1.54, 1.807) is 36.4 Å². The molecule has 244 valence electrons. The van der Waals surface area contributed by atoms with Gasteiger partial charge in [-0.15, -0.1) is 0 Å². The molecule has 11 heteroatoms. The van der Waals surface area contributed by atoms with Gasteiger partial charge in [-0.05, 0) is 88.4 Å². The number of carboxylic acids is 1. The van der Waals surface area contributed by atoms with Crippen molar-refractivity contribution >= 4 is 45.2 Å². The molecule has 4 aromatic rings. The molecule has 2 atom stereocenters. The predicted molar refractivity (Wildman–Crippen MR) is 182 cm³/mol. The molecule has 0 saturated carbocycles. The Bertz CT molecular complexity index is 1680. The fourth-order valence-corrected chi connectivity index (χ4v) is 5.91. The Balaban J connectivity index is 1.26. The van der Waals surface area contributed by atoms with Crippen molar-refractivity contribution in [3.05, 3.63) is 118 Å². The minimum Gasteiger partial charge on any atom is -0.495 e. The van der Waals surface area contributed by atoms with Crippen LogP contribution >= 0.6 is 15.9 Å². The molecule has 1 saturated heterocycles. The summed E-state index contributed by atoms with van der Waals surface area (Å²) in [6.45, 7) is 1.08. The third-order valence-electron chi connectivity index (χ3n) is 7.86. The maximum Gasteiger partial charge on any atom is 0.335 e. The number of amides is 3. The van der Waals surface area contributed by atoms with Gasteiger partial charge in [0.1, 0.15) is 18.1 Å². The standard InChI is InChI=1S/C36H36BrN3O7/c1-45-33-19-25(11-18-32(33)39-36(44)38-31-10-6-5-9-30(31)37)20-34(41)40-27(22-46-21-24-7-3-2-4-8-24)14-15-28(40)23-47-29-16-12-26(13-17-29)35(42)43/h2-13,16-19,27-28H,14-15,20-23H2,1H3,(H,42,43)(H2,38,39,44). The third-order valence-corrected chi connectivity index (χ3v) is 8.56. The molecule has 4 aromatic carbocycles. The lowest BCUT2D eigenvalue weighted by Crippen LogP contribution is -2.46. The van der Waals surface area contributed by atoms with Gasteiger partial charge in [0.15, 0.2) is 0 Å². The molecule has 1 heterocycles. The van der Waals surface area contributed by atoms with Crippen LogP contribution in [0.1, 0.15) is 34.3 Å². The van der Waals surface area contributed by atoms with Crippen molar-refractivity contribution in [2.75, 3.05) is 31.0 Å². The first kappa shape index (κ1) is 33.5. The van der Waals surface area contributed by atoms with Crippen molar-refractivity contribution in [2.24, 2.45) is 0 Å². The number of urea groups is 1. The fraction of sp³-hybridized carbons (Fsp3) is 0.250. The molecule has 3 amide bonds. The highest BCUT2D eigenvalue weighted by Gasteiger charge is 2.37. The smallest absolute Gasteiger partial charge is 0.335 e. The van der Waals surface area contributed by atoms with Gasteiger partial charge in [-0.25, -0.2) is 9.59 Å². The van der Waals surface area contributed by atoms with Crippen LogP contribution in [0.15, 0.2) is 102 Å². The van der Waals surface area contributed by atoms with E-state index in [1.807, 2.05) is 53.4 Å². The maximum absolute atomic E-state index is 13.9. The topological polar surface area (TPSA) is 126 Å². The number of nitrogens with zero attached hydrogens (tertiary/aromatic N) is 1. The summed E-state index contributed by atoms with van der Waals surface area (Å²) in [5.74, 6) is -0.138. The first-order chi connectivity index (χ1) is 22.8. The molecule has 0 spiro atoms. The number of carbonyl (C=O) groups excluding carboxylic acids is 2. The van der Waals surface area contributed by atoms with Crippen molar-refractivity contribution in [1.82, 2.24) is 4.90 Å². The summed E-state index contributed by atoms with van der Waals surface area (Å²) < 4.78 is 18.4. The van der Waals surface area contributed by atoms with Gasteiger partial charge in [0.05, 0.1) is 55.8 Å². The number of ether oxygens (including phenoxy) is 3. The second kappa shape index (κ2) is 16.1. The summed E-state index contributed by atoms with van der Waals surface area (Å²) in [5.41, 5.74) is 3.03. The van der Waals surface area contributed by atoms with Crippen LogP contribution in [0, 0.1) is 0 Å². The zero-order chi connectivity index (χ0) is 33.2. The van der Waals surface area contributed by atoms with E-state index in [4.69, 9.17) is 14.2 Å². The van der Waals surface area contributed by atoms with Crippen molar-refractivity contribution in [2.45, 2.75) is 38.0 Å². The summed E-state index contributed by atoms with van der Waals surface area (Å²) in [6, 6.07) is 27.9. The Morgan fingerprint density at radius 3 is 2.21 bits per heavy atom. The second-order valence-corrected chi connectivity index (χ2v) is 12.0. The van der Waals surface area contributed by atoms with Crippen molar-refractivity contribution in [3.8, 4) is 11.5 Å². The monoisotopic (exact) mass is 701 g/mol. The minimum absolute atomic E-state index is 0.0833. The number of nitrogens with one attached hydrogen (secondary N) is 2. The number of benzene rings is 4. The van der Waals surface area contributed by atoms with Crippen LogP contribution < -0.4 is 20.1 Å². The Kier molecular flexibility index (Phi) is 11.5. The van der Waals surface area contributed by atoms with Gasteiger partial charge in [0.25, 0.3) is 0 Å². The highest BCUT2D eigenvalue weighted by atomic mass is 79.9. The van der Waals surface area contributed by atoms with Crippen LogP contribution in [0.5, 0.6) is 11.5 Å². The molecule has 10 nitrogen and oxygen atoms in total. The number of carbonyl (C=O) groups is 3. The van der Waals surface area contributed by atoms with E-state index < -0.39 is 12.0 Å². The minimum atomic E-state index is -1.01. The van der Waals surface area contributed by atoms with Crippen molar-refractivity contribution in [3.63, 3.8) is 0 Å². The number of carboxylic acid groups (broad SMARTS) is 1. The van der Waals surface area contributed by atoms with Gasteiger partial charge in [-0.3, -0.25) is 4.79 Å². The number of aromatic carboxylic acids is 1. The number of likely N-dealkylation sites (tertiary alicyclic amines) is 1. The molecule has 0 bridgehead atoms. The summed E-state index contributed by atoms with van der Waals surface area (Å²) in [5, 5.41) is 14.8. The normalized spacial score (nSPS) is 15.6. The molecular weight excluding hydrogens is 666 g/mol. The average molecular weight is 703 g/mol. The predicted octanol–water partition coefficient (Wildman–Crippen LogP) is 7.00. The zero-order valence-electron chi connectivity index (χ0n) is 25.9. The van der Waals surface area contributed by atoms with Crippen molar-refractivity contribution in [1.29, 1.82) is 0 Å². The Hall–Kier alpha value is -4.87. The van der Waals surface area contributed by atoms with Gasteiger partial charge in [0, 0.05) is 4.47 Å². The molecule has 47 heavy (non-hydrogen) atoms. The number of hydrogen-bond acceptors (Lipinski definition) is 6. The number of para-hydroxylation sites is 1. The summed E-state index contributed by atoms with van der Waals surface area (Å²) in [4.78, 5) is 39.7. The lowest BCUT2D eigenvalue weighted by atomic mass is 10.1. The fourth-order valence-electron chi connectivity index (χ4n) is 5.52. The number of rotatable bonds is 13. The van der Waals surface area contributed by atoms with Gasteiger partial charge in [-0.1, -0.05) is 48.5 Å². The van der Waals surface area contributed by atoms with Crippen LogP contribution in [0.3, 0.4) is 0 Å². The van der Waals surface area contributed by atoms with Crippen LogP contribution in [-0.2, 0) is 22.6 Å². The Labute approximate surface area is 281 Å². The van der Waals surface area contributed by atoms with E-state index in [1.165, 1.54) is 19.2 Å². The molecule has 3 N–H and O–H groups in total. The molecule has 2 unspecified atom stereocenters. The highest BCUT2D eigenvalue weighted by molar-refractivity contribution is 9.10. The largest absolute Gasteiger partial charge is 0.495 e. The number of methoxy groups -OCH3 is 1. The summed E-state index contributed by atoms with van der Waals surface area (Å²) >= 11 is 3.42. The molecule has 0 radical (unpaired) electrons. The highest BCUT2D eigenvalue weighted by Crippen LogP contribution is 2.30. The number of halogens is 1. The average Bonchev–Trinajstić information content (AvgIpc) is 3.49. The Morgan fingerprint density at radius 1 is 0.830 bits per heavy atom. The number of anilines is 2. The van der Waals surface area contributed by atoms with E-state index in [9.17, 15) is 19.5 Å². The van der Waals surface area contributed by atoms with E-state index in [0.717, 1.165) is 28.4 Å². The maximum atomic E-state index is 13.9. The van der Waals surface area contributed by atoms with Crippen molar-refractivity contribution < 1.29 is 33.7 Å².